The highest BCUT2D eigenvalue weighted by Gasteiger charge is 2.14. The summed E-state index contributed by atoms with van der Waals surface area (Å²) in [7, 11) is 1.36. The first-order valence-electron chi connectivity index (χ1n) is 8.06. The lowest BCUT2D eigenvalue weighted by Crippen LogP contribution is -2.23. The second kappa shape index (κ2) is 7.65. The molecule has 1 aromatic heterocycles. The van der Waals surface area contributed by atoms with Crippen molar-refractivity contribution in [3.8, 4) is 5.75 Å². The van der Waals surface area contributed by atoms with Gasteiger partial charge in [0.2, 0.25) is 5.91 Å². The summed E-state index contributed by atoms with van der Waals surface area (Å²) in [5, 5.41) is 13.9. The number of benzene rings is 2. The van der Waals surface area contributed by atoms with E-state index in [9.17, 15) is 19.7 Å². The van der Waals surface area contributed by atoms with Crippen molar-refractivity contribution in [3.63, 3.8) is 0 Å². The monoisotopic (exact) mass is 368 g/mol. The fraction of sp³-hybridized carbons (Fsp3) is 0.167. The van der Waals surface area contributed by atoms with Crippen LogP contribution in [0.15, 0.2) is 53.6 Å². The molecule has 27 heavy (non-hydrogen) atoms. The van der Waals surface area contributed by atoms with E-state index in [-0.39, 0.29) is 35.9 Å². The average Bonchev–Trinajstić information content (AvgIpc) is 2.67. The molecule has 0 saturated heterocycles. The van der Waals surface area contributed by atoms with Gasteiger partial charge < -0.3 is 10.1 Å². The van der Waals surface area contributed by atoms with Crippen molar-refractivity contribution in [3.05, 3.63) is 69.3 Å². The van der Waals surface area contributed by atoms with E-state index in [4.69, 9.17) is 4.74 Å². The van der Waals surface area contributed by atoms with Gasteiger partial charge in [-0.15, -0.1) is 0 Å². The highest BCUT2D eigenvalue weighted by atomic mass is 16.6. The minimum atomic E-state index is -0.548. The van der Waals surface area contributed by atoms with Gasteiger partial charge in [0.1, 0.15) is 5.75 Å². The van der Waals surface area contributed by atoms with Gasteiger partial charge in [-0.25, -0.2) is 4.98 Å². The van der Waals surface area contributed by atoms with Crippen LogP contribution in [0.4, 0.5) is 11.4 Å². The van der Waals surface area contributed by atoms with Crippen LogP contribution < -0.4 is 15.6 Å². The smallest absolute Gasteiger partial charge is 0.273 e. The molecule has 2 aromatic carbocycles. The van der Waals surface area contributed by atoms with Gasteiger partial charge in [0, 0.05) is 19.0 Å². The molecule has 3 rings (SSSR count). The van der Waals surface area contributed by atoms with Crippen LogP contribution in [0.3, 0.4) is 0 Å². The Balaban J connectivity index is 1.71. The Hall–Kier alpha value is -3.75. The lowest BCUT2D eigenvalue weighted by atomic mass is 10.2. The lowest BCUT2D eigenvalue weighted by Gasteiger charge is -2.10. The van der Waals surface area contributed by atoms with Gasteiger partial charge in [0.05, 0.1) is 41.0 Å². The Morgan fingerprint density at radius 2 is 2.07 bits per heavy atom. The predicted molar refractivity (Wildman–Crippen MR) is 98.9 cm³/mol. The number of rotatable bonds is 6. The van der Waals surface area contributed by atoms with E-state index < -0.39 is 4.92 Å². The van der Waals surface area contributed by atoms with E-state index in [1.54, 1.807) is 24.3 Å². The maximum absolute atomic E-state index is 12.4. The molecule has 1 N–H and O–H groups in total. The van der Waals surface area contributed by atoms with E-state index in [1.165, 1.54) is 36.2 Å². The molecule has 9 heteroatoms. The van der Waals surface area contributed by atoms with Gasteiger partial charge in [-0.3, -0.25) is 24.3 Å². The van der Waals surface area contributed by atoms with Crippen molar-refractivity contribution in [1.29, 1.82) is 0 Å². The Morgan fingerprint density at radius 1 is 1.30 bits per heavy atom. The summed E-state index contributed by atoms with van der Waals surface area (Å²) in [6.07, 6.45) is 1.43. The molecule has 1 heterocycles. The number of anilines is 1. The summed E-state index contributed by atoms with van der Waals surface area (Å²) in [5.74, 6) is -0.177. The van der Waals surface area contributed by atoms with Gasteiger partial charge in [-0.05, 0) is 18.2 Å². The van der Waals surface area contributed by atoms with E-state index in [0.29, 0.717) is 16.6 Å². The number of nitrogens with zero attached hydrogens (tertiary/aromatic N) is 3. The van der Waals surface area contributed by atoms with Gasteiger partial charge in [0.25, 0.3) is 11.2 Å². The fourth-order valence-electron chi connectivity index (χ4n) is 2.60. The molecular formula is C18H16N4O5. The van der Waals surface area contributed by atoms with E-state index >= 15 is 0 Å². The zero-order valence-corrected chi connectivity index (χ0v) is 14.4. The van der Waals surface area contributed by atoms with E-state index in [0.717, 1.165) is 0 Å². The molecule has 3 aromatic rings. The third-order valence-corrected chi connectivity index (χ3v) is 3.98. The number of aryl methyl sites for hydroxylation is 1. The van der Waals surface area contributed by atoms with Crippen molar-refractivity contribution in [2.75, 3.05) is 12.4 Å². The first-order valence-corrected chi connectivity index (χ1v) is 8.06. The van der Waals surface area contributed by atoms with Crippen molar-refractivity contribution < 1.29 is 14.5 Å². The number of carbonyl (C=O) groups excluding carboxylic acids is 1. The lowest BCUT2D eigenvalue weighted by molar-refractivity contribution is -0.384. The molecule has 0 radical (unpaired) electrons. The molecular weight excluding hydrogens is 352 g/mol. The molecule has 1 amide bonds. The number of amides is 1. The Bertz CT molecular complexity index is 1080. The zero-order chi connectivity index (χ0) is 19.4. The van der Waals surface area contributed by atoms with Crippen LogP contribution in [-0.2, 0) is 11.3 Å². The Labute approximate surface area is 153 Å². The number of aromatic nitrogens is 2. The Kier molecular flexibility index (Phi) is 5.11. The molecule has 0 atom stereocenters. The maximum atomic E-state index is 12.4. The molecule has 0 unspecified atom stereocenters. The summed E-state index contributed by atoms with van der Waals surface area (Å²) < 4.78 is 6.45. The largest absolute Gasteiger partial charge is 0.494 e. The van der Waals surface area contributed by atoms with Crippen LogP contribution in [0, 0.1) is 10.1 Å². The number of ether oxygens (including phenoxy) is 1. The summed E-state index contributed by atoms with van der Waals surface area (Å²) in [6, 6.07) is 10.9. The third-order valence-electron chi connectivity index (χ3n) is 3.98. The minimum absolute atomic E-state index is 0.0278. The highest BCUT2D eigenvalue weighted by molar-refractivity contribution is 5.92. The number of nitro benzene ring substituents is 1. The van der Waals surface area contributed by atoms with Gasteiger partial charge >= 0.3 is 0 Å². The summed E-state index contributed by atoms with van der Waals surface area (Å²) in [5.41, 5.74) is 0.552. The molecule has 0 spiro atoms. The van der Waals surface area contributed by atoms with Crippen LogP contribution in [0.25, 0.3) is 10.9 Å². The second-order valence-corrected chi connectivity index (χ2v) is 5.70. The summed E-state index contributed by atoms with van der Waals surface area (Å²) in [4.78, 5) is 39.1. The van der Waals surface area contributed by atoms with Crippen LogP contribution in [0.1, 0.15) is 6.42 Å². The van der Waals surface area contributed by atoms with Crippen LogP contribution >= 0.6 is 0 Å². The van der Waals surface area contributed by atoms with Crippen LogP contribution in [0.5, 0.6) is 5.75 Å². The normalized spacial score (nSPS) is 10.6. The molecule has 0 aliphatic heterocycles. The topological polar surface area (TPSA) is 116 Å². The first-order chi connectivity index (χ1) is 13.0. The van der Waals surface area contributed by atoms with Crippen LogP contribution in [-0.4, -0.2) is 27.5 Å². The first kappa shape index (κ1) is 18.1. The number of hydrogen-bond acceptors (Lipinski definition) is 6. The molecule has 138 valence electrons. The number of nitrogens with one attached hydrogen (secondary N) is 1. The van der Waals surface area contributed by atoms with Crippen molar-refractivity contribution >= 4 is 28.2 Å². The van der Waals surface area contributed by atoms with Gasteiger partial charge in [-0.2, -0.15) is 0 Å². The number of carbonyl (C=O) groups is 1. The molecule has 0 fully saturated rings. The molecule has 9 nitrogen and oxygen atoms in total. The third kappa shape index (κ3) is 3.92. The number of non-ortho nitro benzene ring substituents is 1. The van der Waals surface area contributed by atoms with E-state index in [1.807, 2.05) is 0 Å². The molecule has 0 saturated carbocycles. The summed E-state index contributed by atoms with van der Waals surface area (Å²) >= 11 is 0. The van der Waals surface area contributed by atoms with Gasteiger partial charge in [0.15, 0.2) is 0 Å². The predicted octanol–water partition coefficient (Wildman–Crippen LogP) is 2.34. The number of nitro groups is 1. The molecule has 0 aliphatic carbocycles. The zero-order valence-electron chi connectivity index (χ0n) is 14.4. The molecule has 0 aliphatic rings. The maximum Gasteiger partial charge on any atom is 0.273 e. The molecule has 0 bridgehead atoms. The van der Waals surface area contributed by atoms with Crippen molar-refractivity contribution in [2.24, 2.45) is 0 Å². The van der Waals surface area contributed by atoms with Gasteiger partial charge in [-0.1, -0.05) is 12.1 Å². The summed E-state index contributed by atoms with van der Waals surface area (Å²) in [6.45, 7) is 0.151. The quantitative estimate of drug-likeness (QED) is 0.527. The number of hydrogen-bond donors (Lipinski definition) is 1. The minimum Gasteiger partial charge on any atom is -0.494 e. The second-order valence-electron chi connectivity index (χ2n) is 5.70. The number of para-hydroxylation sites is 1. The van der Waals surface area contributed by atoms with Crippen molar-refractivity contribution in [1.82, 2.24) is 9.55 Å². The van der Waals surface area contributed by atoms with Crippen LogP contribution in [0.2, 0.25) is 0 Å². The highest BCUT2D eigenvalue weighted by Crippen LogP contribution is 2.29. The average molecular weight is 368 g/mol. The number of methoxy groups -OCH3 is 1. The number of fused-ring (bicyclic) bond motifs is 1. The SMILES string of the molecule is COc1cc([N+](=O)[O-])ccc1NC(=O)CCn1cnc2ccccc2c1=O. The fourth-order valence-corrected chi connectivity index (χ4v) is 2.60. The standard InChI is InChI=1S/C18H16N4O5/c1-27-16-10-12(22(25)26)6-7-15(16)20-17(23)8-9-21-11-19-14-5-3-2-4-13(14)18(21)24/h2-7,10-11H,8-9H2,1H3,(H,20,23). The van der Waals surface area contributed by atoms with E-state index in [2.05, 4.69) is 10.3 Å². The Morgan fingerprint density at radius 3 is 2.81 bits per heavy atom. The van der Waals surface area contributed by atoms with Crippen molar-refractivity contribution in [2.45, 2.75) is 13.0 Å².